The van der Waals surface area contributed by atoms with Gasteiger partial charge in [0.25, 0.3) is 0 Å². The number of amides is 2. The van der Waals surface area contributed by atoms with Crippen molar-refractivity contribution in [2.75, 3.05) is 18.2 Å². The van der Waals surface area contributed by atoms with Crippen molar-refractivity contribution >= 4 is 30.1 Å². The fourth-order valence-corrected chi connectivity index (χ4v) is 1.84. The summed E-state index contributed by atoms with van der Waals surface area (Å²) in [5.41, 5.74) is 1.55. The lowest BCUT2D eigenvalue weighted by atomic mass is 10.2. The van der Waals surface area contributed by atoms with Crippen LogP contribution < -0.4 is 10.6 Å². The highest BCUT2D eigenvalue weighted by Gasteiger charge is 2.18. The molecule has 2 amide bonds. The molecule has 1 rings (SSSR count). The lowest BCUT2D eigenvalue weighted by Crippen LogP contribution is -2.44. The number of para-hydroxylation sites is 1. The summed E-state index contributed by atoms with van der Waals surface area (Å²) in [6, 6.07) is 6.69. The van der Waals surface area contributed by atoms with E-state index >= 15 is 0 Å². The van der Waals surface area contributed by atoms with Crippen molar-refractivity contribution in [2.24, 2.45) is 0 Å². The van der Waals surface area contributed by atoms with E-state index in [9.17, 15) is 9.59 Å². The van der Waals surface area contributed by atoms with E-state index in [0.29, 0.717) is 12.3 Å². The third kappa shape index (κ3) is 4.92. The zero-order valence-corrected chi connectivity index (χ0v) is 11.9. The molecule has 1 aromatic carbocycles. The maximum Gasteiger partial charge on any atom is 0.247 e. The first kappa shape index (κ1) is 15.5. The Hall–Kier alpha value is -1.53. The second kappa shape index (κ2) is 7.81. The maximum absolute atomic E-state index is 12.0. The molecule has 6 heteroatoms. The first-order valence-electron chi connectivity index (χ1n) is 5.84. The van der Waals surface area contributed by atoms with Gasteiger partial charge in [-0.15, -0.1) is 0 Å². The van der Waals surface area contributed by atoms with Gasteiger partial charge in [0.15, 0.2) is 0 Å². The van der Waals surface area contributed by atoms with E-state index < -0.39 is 6.04 Å². The van der Waals surface area contributed by atoms with Crippen LogP contribution >= 0.6 is 12.6 Å². The van der Waals surface area contributed by atoms with E-state index in [1.165, 1.54) is 6.92 Å². The molecule has 0 aliphatic carbocycles. The summed E-state index contributed by atoms with van der Waals surface area (Å²) in [5, 5.41) is 5.31. The lowest BCUT2D eigenvalue weighted by Gasteiger charge is -2.17. The third-order valence-electron chi connectivity index (χ3n) is 2.45. The first-order valence-corrected chi connectivity index (χ1v) is 6.47. The molecule has 0 fully saturated rings. The molecule has 5 nitrogen and oxygen atoms in total. The smallest absolute Gasteiger partial charge is 0.247 e. The molecule has 0 aromatic heterocycles. The van der Waals surface area contributed by atoms with Crippen molar-refractivity contribution in [3.05, 3.63) is 29.8 Å². The SMILES string of the molecule is COCc1ccccc1NC(=O)C(CS)NC(C)=O. The molecule has 0 saturated heterocycles. The monoisotopic (exact) mass is 282 g/mol. The molecule has 1 aromatic rings. The molecule has 0 radical (unpaired) electrons. The Labute approximate surface area is 118 Å². The Balaban J connectivity index is 2.77. The lowest BCUT2D eigenvalue weighted by molar-refractivity contribution is -0.124. The molecule has 1 unspecified atom stereocenters. The second-order valence-corrected chi connectivity index (χ2v) is 4.38. The van der Waals surface area contributed by atoms with Gasteiger partial charge in [0.2, 0.25) is 11.8 Å². The van der Waals surface area contributed by atoms with Crippen molar-refractivity contribution in [1.82, 2.24) is 5.32 Å². The van der Waals surface area contributed by atoms with Gasteiger partial charge < -0.3 is 15.4 Å². The second-order valence-electron chi connectivity index (χ2n) is 4.02. The Morgan fingerprint density at radius 3 is 2.63 bits per heavy atom. The molecule has 0 aliphatic rings. The number of rotatable bonds is 6. The van der Waals surface area contributed by atoms with E-state index in [-0.39, 0.29) is 17.6 Å². The highest BCUT2D eigenvalue weighted by Crippen LogP contribution is 2.16. The van der Waals surface area contributed by atoms with Gasteiger partial charge in [0.05, 0.1) is 6.61 Å². The minimum atomic E-state index is -0.656. The average Bonchev–Trinajstić information content (AvgIpc) is 2.38. The normalized spacial score (nSPS) is 11.7. The molecular weight excluding hydrogens is 264 g/mol. The minimum absolute atomic E-state index is 0.234. The molecule has 0 spiro atoms. The minimum Gasteiger partial charge on any atom is -0.380 e. The van der Waals surface area contributed by atoms with Crippen molar-refractivity contribution < 1.29 is 14.3 Å². The number of methoxy groups -OCH3 is 1. The average molecular weight is 282 g/mol. The summed E-state index contributed by atoms with van der Waals surface area (Å²) in [4.78, 5) is 23.0. The van der Waals surface area contributed by atoms with E-state index in [0.717, 1.165) is 5.56 Å². The van der Waals surface area contributed by atoms with Crippen molar-refractivity contribution in [1.29, 1.82) is 0 Å². The summed E-state index contributed by atoms with van der Waals surface area (Å²) in [6.45, 7) is 1.77. The van der Waals surface area contributed by atoms with Gasteiger partial charge in [-0.2, -0.15) is 12.6 Å². The predicted molar refractivity (Wildman–Crippen MR) is 77.2 cm³/mol. The van der Waals surface area contributed by atoms with Crippen LogP contribution in [0.25, 0.3) is 0 Å². The summed E-state index contributed by atoms with van der Waals surface area (Å²) in [5.74, 6) is -0.328. The molecule has 1 atom stereocenters. The standard InChI is InChI=1S/C13H18N2O3S/c1-9(16)14-12(8-19)13(17)15-11-6-4-3-5-10(11)7-18-2/h3-6,12,19H,7-8H2,1-2H3,(H,14,16)(H,15,17). The predicted octanol–water partition coefficient (Wildman–Crippen LogP) is 1.21. The summed E-state index contributed by atoms with van der Waals surface area (Å²) >= 11 is 4.06. The van der Waals surface area contributed by atoms with Gasteiger partial charge >= 0.3 is 0 Å². The number of anilines is 1. The number of hydrogen-bond acceptors (Lipinski definition) is 4. The van der Waals surface area contributed by atoms with Crippen LogP contribution in [0.3, 0.4) is 0 Å². The number of carbonyl (C=O) groups is 2. The molecule has 104 valence electrons. The zero-order valence-electron chi connectivity index (χ0n) is 11.0. The largest absolute Gasteiger partial charge is 0.380 e. The van der Waals surface area contributed by atoms with Crippen molar-refractivity contribution in [3.63, 3.8) is 0 Å². The van der Waals surface area contributed by atoms with Gasteiger partial charge in [-0.25, -0.2) is 0 Å². The number of carbonyl (C=O) groups excluding carboxylic acids is 2. The molecule has 0 saturated carbocycles. The van der Waals surface area contributed by atoms with Crippen LogP contribution in [-0.4, -0.2) is 30.7 Å². The van der Waals surface area contributed by atoms with E-state index in [4.69, 9.17) is 4.74 Å². The fourth-order valence-electron chi connectivity index (χ4n) is 1.58. The van der Waals surface area contributed by atoms with E-state index in [1.54, 1.807) is 13.2 Å². The van der Waals surface area contributed by atoms with Crippen LogP contribution in [0.2, 0.25) is 0 Å². The van der Waals surface area contributed by atoms with E-state index in [1.807, 2.05) is 18.2 Å². The van der Waals surface area contributed by atoms with Gasteiger partial charge in [-0.3, -0.25) is 9.59 Å². The summed E-state index contributed by atoms with van der Waals surface area (Å²) in [6.07, 6.45) is 0. The van der Waals surface area contributed by atoms with Crippen molar-refractivity contribution in [2.45, 2.75) is 19.6 Å². The molecule has 0 heterocycles. The maximum atomic E-state index is 12.0. The number of hydrogen-bond donors (Lipinski definition) is 3. The van der Waals surface area contributed by atoms with Gasteiger partial charge in [-0.05, 0) is 6.07 Å². The van der Waals surface area contributed by atoms with Gasteiger partial charge in [-0.1, -0.05) is 18.2 Å². The fraction of sp³-hybridized carbons (Fsp3) is 0.385. The first-order chi connectivity index (χ1) is 9.08. The Morgan fingerprint density at radius 2 is 2.05 bits per heavy atom. The van der Waals surface area contributed by atoms with Crippen LogP contribution in [0.5, 0.6) is 0 Å². The zero-order chi connectivity index (χ0) is 14.3. The van der Waals surface area contributed by atoms with Crippen molar-refractivity contribution in [3.8, 4) is 0 Å². The van der Waals surface area contributed by atoms with Crippen LogP contribution in [-0.2, 0) is 20.9 Å². The van der Waals surface area contributed by atoms with Crippen LogP contribution in [0, 0.1) is 0 Å². The molecular formula is C13H18N2O3S. The Morgan fingerprint density at radius 1 is 1.37 bits per heavy atom. The Kier molecular flexibility index (Phi) is 6.38. The highest BCUT2D eigenvalue weighted by molar-refractivity contribution is 7.80. The summed E-state index contributed by atoms with van der Waals surface area (Å²) in [7, 11) is 1.59. The number of thiol groups is 1. The molecule has 0 aliphatic heterocycles. The van der Waals surface area contributed by atoms with Gasteiger partial charge in [0.1, 0.15) is 6.04 Å². The number of ether oxygens (including phenoxy) is 1. The Bertz CT molecular complexity index is 451. The van der Waals surface area contributed by atoms with Crippen LogP contribution in [0.1, 0.15) is 12.5 Å². The van der Waals surface area contributed by atoms with E-state index in [2.05, 4.69) is 23.3 Å². The number of nitrogens with one attached hydrogen (secondary N) is 2. The van der Waals surface area contributed by atoms with Gasteiger partial charge in [0, 0.05) is 31.0 Å². The molecule has 0 bridgehead atoms. The van der Waals surface area contributed by atoms with Crippen LogP contribution in [0.4, 0.5) is 5.69 Å². The number of benzene rings is 1. The quantitative estimate of drug-likeness (QED) is 0.687. The topological polar surface area (TPSA) is 67.4 Å². The third-order valence-corrected chi connectivity index (χ3v) is 2.82. The summed E-state index contributed by atoms with van der Waals surface area (Å²) < 4.78 is 5.07. The van der Waals surface area contributed by atoms with Crippen LogP contribution in [0.15, 0.2) is 24.3 Å². The molecule has 2 N–H and O–H groups in total. The highest BCUT2D eigenvalue weighted by atomic mass is 32.1. The molecule has 19 heavy (non-hydrogen) atoms.